The highest BCUT2D eigenvalue weighted by molar-refractivity contribution is 6.00. The van der Waals surface area contributed by atoms with Gasteiger partial charge in [-0.15, -0.1) is 0 Å². The van der Waals surface area contributed by atoms with Gasteiger partial charge >= 0.3 is 0 Å². The van der Waals surface area contributed by atoms with Crippen LogP contribution in [0, 0.1) is 0 Å². The number of nitrogens with one attached hydrogen (secondary N) is 3. The first-order chi connectivity index (χ1) is 15.2. The third-order valence-corrected chi connectivity index (χ3v) is 5.45. The second-order valence-electron chi connectivity index (χ2n) is 7.99. The van der Waals surface area contributed by atoms with Gasteiger partial charge < -0.3 is 20.5 Å². The van der Waals surface area contributed by atoms with Crippen molar-refractivity contribution < 1.29 is 0 Å². The first-order valence-electron chi connectivity index (χ1n) is 10.5. The Morgan fingerprint density at radius 3 is 2.68 bits per heavy atom. The van der Waals surface area contributed by atoms with E-state index < -0.39 is 0 Å². The lowest BCUT2D eigenvalue weighted by Gasteiger charge is -2.37. The lowest BCUT2D eigenvalue weighted by atomic mass is 10.1. The van der Waals surface area contributed by atoms with E-state index in [1.54, 1.807) is 18.7 Å². The fraction of sp³-hybridized carbons (Fsp3) is 0.318. The smallest absolute Gasteiger partial charge is 0.143 e. The van der Waals surface area contributed by atoms with Gasteiger partial charge in [-0.25, -0.2) is 24.9 Å². The molecule has 1 aliphatic heterocycles. The Morgan fingerprint density at radius 2 is 1.87 bits per heavy atom. The Kier molecular flexibility index (Phi) is 5.17. The van der Waals surface area contributed by atoms with Crippen LogP contribution in [0.1, 0.15) is 19.5 Å². The number of fused-ring (bicyclic) bond motifs is 1. The molecule has 0 unspecified atom stereocenters. The fourth-order valence-corrected chi connectivity index (χ4v) is 4.19. The van der Waals surface area contributed by atoms with E-state index in [2.05, 4.69) is 66.4 Å². The monoisotopic (exact) mass is 415 g/mol. The van der Waals surface area contributed by atoms with E-state index in [1.807, 2.05) is 12.3 Å². The summed E-state index contributed by atoms with van der Waals surface area (Å²) in [4.78, 5) is 27.5. The molecule has 0 amide bonds. The standard InChI is InChI=1S/C22H25N9/c1-14-10-31(11-15(2)29-14)19-5-3-4-17(30-19)8-25-21-20-18(16-6-23-12-24-7-16)9-26-22(20)28-13-27-21/h3-7,9,12-15,29H,8,10-11H2,1-2H3,(H2,25,26,27,28)/t14-,15+. The highest BCUT2D eigenvalue weighted by atomic mass is 15.3. The van der Waals surface area contributed by atoms with Crippen LogP contribution in [0.15, 0.2) is 49.4 Å². The molecule has 0 bridgehead atoms. The molecule has 5 heterocycles. The molecule has 4 aromatic rings. The van der Waals surface area contributed by atoms with Gasteiger partial charge in [0.25, 0.3) is 0 Å². The van der Waals surface area contributed by atoms with E-state index in [9.17, 15) is 0 Å². The summed E-state index contributed by atoms with van der Waals surface area (Å²) in [5.74, 6) is 1.76. The van der Waals surface area contributed by atoms with Crippen molar-refractivity contribution >= 4 is 22.7 Å². The van der Waals surface area contributed by atoms with Crippen LogP contribution in [0.2, 0.25) is 0 Å². The molecule has 4 aromatic heterocycles. The number of hydrogen-bond acceptors (Lipinski definition) is 8. The average molecular weight is 416 g/mol. The lowest BCUT2D eigenvalue weighted by molar-refractivity contribution is 0.405. The first kappa shape index (κ1) is 19.4. The van der Waals surface area contributed by atoms with Crippen molar-refractivity contribution in [3.8, 4) is 11.1 Å². The molecule has 2 atom stereocenters. The molecule has 0 saturated carbocycles. The summed E-state index contributed by atoms with van der Waals surface area (Å²) in [6.07, 6.45) is 8.56. The number of aromatic nitrogens is 6. The predicted molar refractivity (Wildman–Crippen MR) is 121 cm³/mol. The number of nitrogens with zero attached hydrogens (tertiary/aromatic N) is 6. The van der Waals surface area contributed by atoms with Crippen molar-refractivity contribution in [1.29, 1.82) is 0 Å². The second-order valence-corrected chi connectivity index (χ2v) is 7.99. The molecule has 0 aromatic carbocycles. The summed E-state index contributed by atoms with van der Waals surface area (Å²) in [5, 5.41) is 7.92. The molecule has 31 heavy (non-hydrogen) atoms. The summed E-state index contributed by atoms with van der Waals surface area (Å²) in [6.45, 7) is 6.88. The molecule has 5 rings (SSSR count). The van der Waals surface area contributed by atoms with Gasteiger partial charge in [-0.1, -0.05) is 6.07 Å². The van der Waals surface area contributed by atoms with E-state index in [1.165, 1.54) is 6.33 Å². The van der Waals surface area contributed by atoms with Crippen LogP contribution in [0.25, 0.3) is 22.2 Å². The molecule has 0 spiro atoms. The molecule has 1 fully saturated rings. The van der Waals surface area contributed by atoms with Crippen LogP contribution in [0.4, 0.5) is 11.6 Å². The van der Waals surface area contributed by atoms with Gasteiger partial charge in [0.2, 0.25) is 0 Å². The zero-order chi connectivity index (χ0) is 21.2. The summed E-state index contributed by atoms with van der Waals surface area (Å²) in [5.41, 5.74) is 3.60. The quantitative estimate of drug-likeness (QED) is 0.457. The van der Waals surface area contributed by atoms with Crippen LogP contribution in [-0.4, -0.2) is 55.1 Å². The maximum atomic E-state index is 4.89. The Morgan fingerprint density at radius 1 is 1.06 bits per heavy atom. The minimum absolute atomic E-state index is 0.440. The first-order valence-corrected chi connectivity index (χ1v) is 10.5. The lowest BCUT2D eigenvalue weighted by Crippen LogP contribution is -2.54. The van der Waals surface area contributed by atoms with E-state index in [0.29, 0.717) is 18.6 Å². The Hall–Kier alpha value is -3.59. The Bertz CT molecular complexity index is 1160. The van der Waals surface area contributed by atoms with Crippen molar-refractivity contribution in [2.24, 2.45) is 0 Å². The number of H-pyrrole nitrogens is 1. The number of aromatic amines is 1. The van der Waals surface area contributed by atoms with Gasteiger partial charge in [-0.2, -0.15) is 0 Å². The van der Waals surface area contributed by atoms with Gasteiger partial charge in [0.05, 0.1) is 17.6 Å². The third-order valence-electron chi connectivity index (χ3n) is 5.45. The third kappa shape index (κ3) is 4.04. The number of hydrogen-bond donors (Lipinski definition) is 3. The van der Waals surface area contributed by atoms with Crippen LogP contribution in [-0.2, 0) is 6.54 Å². The maximum absolute atomic E-state index is 4.89. The van der Waals surface area contributed by atoms with E-state index >= 15 is 0 Å². The second kappa shape index (κ2) is 8.27. The van der Waals surface area contributed by atoms with Crippen LogP contribution in [0.3, 0.4) is 0 Å². The fourth-order valence-electron chi connectivity index (χ4n) is 4.19. The topological polar surface area (TPSA) is 108 Å². The Labute approximate surface area is 180 Å². The molecular formula is C22H25N9. The summed E-state index contributed by atoms with van der Waals surface area (Å²) < 4.78 is 0. The zero-order valence-corrected chi connectivity index (χ0v) is 17.6. The van der Waals surface area contributed by atoms with Gasteiger partial charge in [0.1, 0.15) is 29.9 Å². The molecule has 1 saturated heterocycles. The van der Waals surface area contributed by atoms with E-state index in [4.69, 9.17) is 4.98 Å². The minimum atomic E-state index is 0.440. The maximum Gasteiger partial charge on any atom is 0.143 e. The van der Waals surface area contributed by atoms with Gasteiger partial charge in [0.15, 0.2) is 0 Å². The molecule has 9 heteroatoms. The van der Waals surface area contributed by atoms with Gasteiger partial charge in [0, 0.05) is 54.9 Å². The molecule has 1 aliphatic rings. The molecule has 0 radical (unpaired) electrons. The number of piperazine rings is 1. The van der Waals surface area contributed by atoms with E-state index in [0.717, 1.165) is 52.6 Å². The van der Waals surface area contributed by atoms with Crippen LogP contribution >= 0.6 is 0 Å². The van der Waals surface area contributed by atoms with E-state index in [-0.39, 0.29) is 0 Å². The van der Waals surface area contributed by atoms with Crippen molar-refractivity contribution in [3.05, 3.63) is 55.1 Å². The molecule has 9 nitrogen and oxygen atoms in total. The number of anilines is 2. The van der Waals surface area contributed by atoms with Crippen molar-refractivity contribution in [2.45, 2.75) is 32.5 Å². The molecule has 3 N–H and O–H groups in total. The number of pyridine rings is 1. The van der Waals surface area contributed by atoms with Crippen molar-refractivity contribution in [3.63, 3.8) is 0 Å². The molecule has 158 valence electrons. The number of rotatable bonds is 5. The Balaban J connectivity index is 1.39. The molecular weight excluding hydrogens is 390 g/mol. The minimum Gasteiger partial charge on any atom is -0.364 e. The highest BCUT2D eigenvalue weighted by Gasteiger charge is 2.22. The SMILES string of the molecule is C[C@@H]1CN(c2cccc(CNc3ncnc4[nH]cc(-c5cncnc5)c34)n2)C[C@H](C)N1. The van der Waals surface area contributed by atoms with Crippen molar-refractivity contribution in [2.75, 3.05) is 23.3 Å². The largest absolute Gasteiger partial charge is 0.364 e. The van der Waals surface area contributed by atoms with Gasteiger partial charge in [-0.05, 0) is 26.0 Å². The normalized spacial score (nSPS) is 19.0. The zero-order valence-electron chi connectivity index (χ0n) is 17.6. The van der Waals surface area contributed by atoms with Gasteiger partial charge in [-0.3, -0.25) is 0 Å². The summed E-state index contributed by atoms with van der Waals surface area (Å²) in [6, 6.07) is 7.06. The summed E-state index contributed by atoms with van der Waals surface area (Å²) in [7, 11) is 0. The predicted octanol–water partition coefficient (Wildman–Crippen LogP) is 2.61. The highest BCUT2D eigenvalue weighted by Crippen LogP contribution is 2.31. The van der Waals surface area contributed by atoms with Crippen LogP contribution in [0.5, 0.6) is 0 Å². The average Bonchev–Trinajstić information content (AvgIpc) is 3.23. The summed E-state index contributed by atoms with van der Waals surface area (Å²) >= 11 is 0. The molecule has 0 aliphatic carbocycles. The van der Waals surface area contributed by atoms with Crippen LogP contribution < -0.4 is 15.5 Å². The van der Waals surface area contributed by atoms with Crippen molar-refractivity contribution in [1.82, 2.24) is 35.2 Å².